The van der Waals surface area contributed by atoms with Crippen molar-refractivity contribution in [2.75, 3.05) is 0 Å². The summed E-state index contributed by atoms with van der Waals surface area (Å²) in [4.78, 5) is 0. The fourth-order valence-corrected chi connectivity index (χ4v) is 7.92. The fourth-order valence-electron chi connectivity index (χ4n) is 6.68. The van der Waals surface area contributed by atoms with E-state index in [2.05, 4.69) is 156 Å². The van der Waals surface area contributed by atoms with Crippen molar-refractivity contribution in [1.29, 1.82) is 0 Å². The van der Waals surface area contributed by atoms with Crippen LogP contribution >= 0.6 is 11.3 Å². The standard InChI is InChI=1S/C40H25NS/c1-2-14-30-26(10-1)11-8-17-31(30)27-12-7-13-29(24-27)41-37-20-5-3-15-33(37)34-23-22-28(25-38(34)41)32-18-9-19-36-35-16-4-6-21-39(35)42-40(32)36/h1-25H. The van der Waals surface area contributed by atoms with E-state index in [-0.39, 0.29) is 0 Å². The summed E-state index contributed by atoms with van der Waals surface area (Å²) in [7, 11) is 0. The van der Waals surface area contributed by atoms with E-state index >= 15 is 0 Å². The highest BCUT2D eigenvalue weighted by Gasteiger charge is 2.16. The first kappa shape index (κ1) is 23.5. The Kier molecular flexibility index (Phi) is 5.13. The normalized spacial score (nSPS) is 11.8. The third-order valence-corrected chi connectivity index (χ3v) is 9.81. The van der Waals surface area contributed by atoms with Gasteiger partial charge < -0.3 is 4.57 Å². The van der Waals surface area contributed by atoms with Gasteiger partial charge in [0.2, 0.25) is 0 Å². The largest absolute Gasteiger partial charge is 0.309 e. The van der Waals surface area contributed by atoms with Crippen molar-refractivity contribution in [3.05, 3.63) is 152 Å². The average molecular weight is 552 g/mol. The topological polar surface area (TPSA) is 4.93 Å². The van der Waals surface area contributed by atoms with Crippen LogP contribution in [0, 0.1) is 0 Å². The van der Waals surface area contributed by atoms with Gasteiger partial charge in [0.15, 0.2) is 0 Å². The highest BCUT2D eigenvalue weighted by Crippen LogP contribution is 2.42. The van der Waals surface area contributed by atoms with Crippen LogP contribution in [0.25, 0.3) is 80.7 Å². The lowest BCUT2D eigenvalue weighted by atomic mass is 9.98. The Morgan fingerprint density at radius 3 is 2.02 bits per heavy atom. The highest BCUT2D eigenvalue weighted by molar-refractivity contribution is 7.26. The molecule has 0 N–H and O–H groups in total. The lowest BCUT2D eigenvalue weighted by Crippen LogP contribution is -1.95. The zero-order valence-electron chi connectivity index (χ0n) is 22.8. The number of rotatable bonds is 3. The van der Waals surface area contributed by atoms with Gasteiger partial charge in [0.05, 0.1) is 11.0 Å². The third-order valence-electron chi connectivity index (χ3n) is 8.59. The summed E-state index contributed by atoms with van der Waals surface area (Å²) in [5, 5.41) is 7.75. The van der Waals surface area contributed by atoms with Gasteiger partial charge in [-0.05, 0) is 63.4 Å². The second-order valence-corrected chi connectivity index (χ2v) is 12.0. The minimum absolute atomic E-state index is 1.17. The van der Waals surface area contributed by atoms with Gasteiger partial charge in [0, 0.05) is 36.6 Å². The van der Waals surface area contributed by atoms with Crippen molar-refractivity contribution >= 4 is 64.1 Å². The molecule has 0 saturated carbocycles. The molecule has 0 radical (unpaired) electrons. The SMILES string of the molecule is c1cc(-c2cccc3ccccc23)cc(-n2c3ccccc3c3ccc(-c4cccc5c4sc4ccccc45)cc32)c1. The molecule has 0 aliphatic heterocycles. The number of para-hydroxylation sites is 1. The zero-order valence-corrected chi connectivity index (χ0v) is 23.6. The Morgan fingerprint density at radius 1 is 0.405 bits per heavy atom. The predicted octanol–water partition coefficient (Wildman–Crippen LogP) is 11.6. The van der Waals surface area contributed by atoms with Gasteiger partial charge in [0.25, 0.3) is 0 Å². The van der Waals surface area contributed by atoms with E-state index in [0.717, 1.165) is 0 Å². The minimum atomic E-state index is 1.17. The van der Waals surface area contributed by atoms with Crippen LogP contribution in [0.4, 0.5) is 0 Å². The first-order valence-corrected chi connectivity index (χ1v) is 15.2. The average Bonchev–Trinajstić information content (AvgIpc) is 3.60. The molecule has 42 heavy (non-hydrogen) atoms. The molecule has 2 heterocycles. The van der Waals surface area contributed by atoms with Crippen molar-refractivity contribution in [3.8, 4) is 27.9 Å². The second-order valence-electron chi connectivity index (χ2n) is 10.9. The molecule has 196 valence electrons. The Labute approximate surface area is 247 Å². The molecule has 0 aliphatic carbocycles. The van der Waals surface area contributed by atoms with E-state index < -0.39 is 0 Å². The molecule has 7 aromatic carbocycles. The number of aromatic nitrogens is 1. The molecular weight excluding hydrogens is 527 g/mol. The maximum Gasteiger partial charge on any atom is 0.0547 e. The van der Waals surface area contributed by atoms with Gasteiger partial charge in [-0.15, -0.1) is 11.3 Å². The summed E-state index contributed by atoms with van der Waals surface area (Å²) in [6.07, 6.45) is 0. The van der Waals surface area contributed by atoms with Crippen LogP contribution in [0.15, 0.2) is 152 Å². The van der Waals surface area contributed by atoms with Gasteiger partial charge in [0.1, 0.15) is 0 Å². The molecule has 1 nitrogen and oxygen atoms in total. The van der Waals surface area contributed by atoms with Gasteiger partial charge in [-0.2, -0.15) is 0 Å². The van der Waals surface area contributed by atoms with Crippen molar-refractivity contribution in [3.63, 3.8) is 0 Å². The summed E-state index contributed by atoms with van der Waals surface area (Å²) in [6.45, 7) is 0. The number of hydrogen-bond acceptors (Lipinski definition) is 1. The molecule has 0 fully saturated rings. The molecule has 9 rings (SSSR count). The quantitative estimate of drug-likeness (QED) is 0.206. The molecule has 0 saturated heterocycles. The van der Waals surface area contributed by atoms with Gasteiger partial charge in [-0.1, -0.05) is 121 Å². The third kappa shape index (κ3) is 3.49. The lowest BCUT2D eigenvalue weighted by Gasteiger charge is -2.12. The molecule has 2 aromatic heterocycles. The summed E-state index contributed by atoms with van der Waals surface area (Å²) in [5.74, 6) is 0. The van der Waals surface area contributed by atoms with Gasteiger partial charge in [-0.25, -0.2) is 0 Å². The van der Waals surface area contributed by atoms with Crippen LogP contribution in [0.1, 0.15) is 0 Å². The van der Waals surface area contributed by atoms with E-state index in [1.165, 1.54) is 80.7 Å². The van der Waals surface area contributed by atoms with Crippen molar-refractivity contribution in [1.82, 2.24) is 4.57 Å². The molecule has 9 aromatic rings. The summed E-state index contributed by atoms with van der Waals surface area (Å²) in [5.41, 5.74) is 8.63. The van der Waals surface area contributed by atoms with E-state index in [9.17, 15) is 0 Å². The number of nitrogens with zero attached hydrogens (tertiary/aromatic N) is 1. The predicted molar refractivity (Wildman–Crippen MR) is 182 cm³/mol. The van der Waals surface area contributed by atoms with Crippen LogP contribution in [-0.2, 0) is 0 Å². The van der Waals surface area contributed by atoms with Crippen LogP contribution < -0.4 is 0 Å². The van der Waals surface area contributed by atoms with Crippen LogP contribution in [0.5, 0.6) is 0 Å². The number of thiophene rings is 1. The smallest absolute Gasteiger partial charge is 0.0547 e. The number of benzene rings is 7. The van der Waals surface area contributed by atoms with E-state index in [1.807, 2.05) is 11.3 Å². The van der Waals surface area contributed by atoms with Crippen LogP contribution in [-0.4, -0.2) is 4.57 Å². The van der Waals surface area contributed by atoms with Gasteiger partial charge >= 0.3 is 0 Å². The highest BCUT2D eigenvalue weighted by atomic mass is 32.1. The molecule has 0 amide bonds. The van der Waals surface area contributed by atoms with Crippen molar-refractivity contribution in [2.45, 2.75) is 0 Å². The van der Waals surface area contributed by atoms with E-state index in [4.69, 9.17) is 0 Å². The summed E-state index contributed by atoms with van der Waals surface area (Å²) in [6, 6.07) is 55.5. The van der Waals surface area contributed by atoms with Crippen LogP contribution in [0.3, 0.4) is 0 Å². The Balaban J connectivity index is 1.29. The first-order chi connectivity index (χ1) is 20.8. The Morgan fingerprint density at radius 2 is 1.07 bits per heavy atom. The molecule has 0 bridgehead atoms. The Hall–Kier alpha value is -5.18. The van der Waals surface area contributed by atoms with Crippen molar-refractivity contribution in [2.24, 2.45) is 0 Å². The molecule has 0 unspecified atom stereocenters. The van der Waals surface area contributed by atoms with E-state index in [0.29, 0.717) is 0 Å². The maximum atomic E-state index is 2.44. The molecule has 0 aliphatic rings. The second kappa shape index (κ2) is 9.17. The molecular formula is C40H25NS. The fraction of sp³-hybridized carbons (Fsp3) is 0. The zero-order chi connectivity index (χ0) is 27.6. The first-order valence-electron chi connectivity index (χ1n) is 14.4. The summed E-state index contributed by atoms with van der Waals surface area (Å²) < 4.78 is 5.12. The minimum Gasteiger partial charge on any atom is -0.309 e. The molecule has 0 atom stereocenters. The molecule has 2 heteroatoms. The van der Waals surface area contributed by atoms with E-state index in [1.54, 1.807) is 0 Å². The monoisotopic (exact) mass is 551 g/mol. The van der Waals surface area contributed by atoms with Gasteiger partial charge in [-0.3, -0.25) is 0 Å². The maximum absolute atomic E-state index is 2.44. The Bertz CT molecular complexity index is 2470. The summed E-state index contributed by atoms with van der Waals surface area (Å²) >= 11 is 1.89. The molecule has 0 spiro atoms. The van der Waals surface area contributed by atoms with Crippen LogP contribution in [0.2, 0.25) is 0 Å². The van der Waals surface area contributed by atoms with Crippen molar-refractivity contribution < 1.29 is 0 Å². The lowest BCUT2D eigenvalue weighted by molar-refractivity contribution is 1.18. The number of hydrogen-bond donors (Lipinski definition) is 0. The number of fused-ring (bicyclic) bond motifs is 7.